The van der Waals surface area contributed by atoms with E-state index in [1.165, 1.54) is 16.2 Å². The molecule has 2 aliphatic rings. The zero-order chi connectivity index (χ0) is 27.9. The first-order valence-corrected chi connectivity index (χ1v) is 13.9. The summed E-state index contributed by atoms with van der Waals surface area (Å²) in [7, 11) is 1.58. The normalized spacial score (nSPS) is 17.9. The highest BCUT2D eigenvalue weighted by atomic mass is 32.1. The van der Waals surface area contributed by atoms with E-state index < -0.39 is 11.4 Å². The van der Waals surface area contributed by atoms with E-state index in [1.807, 2.05) is 57.2 Å². The minimum absolute atomic E-state index is 0.0427. The zero-order valence-corrected chi connectivity index (χ0v) is 23.2. The Morgan fingerprint density at radius 1 is 1.02 bits per heavy atom. The molecule has 40 heavy (non-hydrogen) atoms. The number of aromatic nitrogens is 1. The van der Waals surface area contributed by atoms with E-state index in [2.05, 4.69) is 0 Å². The molecule has 7 rings (SSSR count). The van der Waals surface area contributed by atoms with Gasteiger partial charge in [-0.15, -0.1) is 0 Å². The molecule has 200 valence electrons. The number of aryl methyl sites for hydroxylation is 2. The smallest absolute Gasteiger partial charge is 0.297 e. The number of hydrogen-bond donors (Lipinski definition) is 0. The highest BCUT2D eigenvalue weighted by Crippen LogP contribution is 2.55. The SMILES string of the molecule is CCCN1C(=O)C2(c3ccccc31)c1c(oc3cc(C)c(C)cc3c1=O)C(=O)N2c1nc2ccc(OC)cc2s1. The van der Waals surface area contributed by atoms with Crippen molar-refractivity contribution in [2.75, 3.05) is 23.5 Å². The molecular formula is C31H25N3O5S. The van der Waals surface area contributed by atoms with Gasteiger partial charge in [-0.25, -0.2) is 4.98 Å². The van der Waals surface area contributed by atoms with Crippen LogP contribution in [0.2, 0.25) is 0 Å². The van der Waals surface area contributed by atoms with Crippen LogP contribution in [0.3, 0.4) is 0 Å². The van der Waals surface area contributed by atoms with Crippen molar-refractivity contribution in [3.05, 3.63) is 92.8 Å². The lowest BCUT2D eigenvalue weighted by molar-refractivity contribution is -0.121. The van der Waals surface area contributed by atoms with Crippen LogP contribution < -0.4 is 20.0 Å². The van der Waals surface area contributed by atoms with Crippen molar-refractivity contribution in [2.24, 2.45) is 0 Å². The molecule has 0 N–H and O–H groups in total. The molecule has 0 saturated carbocycles. The average molecular weight is 552 g/mol. The summed E-state index contributed by atoms with van der Waals surface area (Å²) in [5, 5.41) is 0.640. The standard InChI is InChI=1S/C31H25N3O5S/c1-5-12-33-22-9-7-6-8-20(22)31(29(33)37)25-26(35)19-13-16(2)17(3)14-23(19)39-27(25)28(36)34(31)30-32-21-11-10-18(38-4)15-24(21)40-30/h6-11,13-15H,5,12H2,1-4H3. The van der Waals surface area contributed by atoms with Crippen molar-refractivity contribution in [2.45, 2.75) is 32.7 Å². The number of methoxy groups -OCH3 is 1. The number of rotatable bonds is 4. The van der Waals surface area contributed by atoms with Crippen LogP contribution in [0, 0.1) is 13.8 Å². The quantitative estimate of drug-likeness (QED) is 0.285. The largest absolute Gasteiger partial charge is 0.497 e. The van der Waals surface area contributed by atoms with E-state index >= 15 is 0 Å². The Morgan fingerprint density at radius 3 is 2.58 bits per heavy atom. The average Bonchev–Trinajstić information content (AvgIpc) is 3.56. The number of nitrogens with zero attached hydrogens (tertiary/aromatic N) is 3. The first kappa shape index (κ1) is 24.5. The number of anilines is 2. The number of para-hydroxylation sites is 1. The molecule has 0 aliphatic carbocycles. The van der Waals surface area contributed by atoms with E-state index in [1.54, 1.807) is 30.2 Å². The summed E-state index contributed by atoms with van der Waals surface area (Å²) in [5.74, 6) is -0.410. The Bertz CT molecular complexity index is 1980. The van der Waals surface area contributed by atoms with Crippen LogP contribution in [0.25, 0.3) is 21.2 Å². The van der Waals surface area contributed by atoms with Gasteiger partial charge in [-0.1, -0.05) is 36.5 Å². The molecule has 0 bridgehead atoms. The molecule has 1 atom stereocenters. The molecule has 2 aliphatic heterocycles. The second-order valence-corrected chi connectivity index (χ2v) is 11.2. The summed E-state index contributed by atoms with van der Waals surface area (Å²) < 4.78 is 12.4. The molecule has 1 spiro atoms. The van der Waals surface area contributed by atoms with Gasteiger partial charge in [-0.05, 0) is 67.8 Å². The summed E-state index contributed by atoms with van der Waals surface area (Å²) in [4.78, 5) is 51.3. The maximum absolute atomic E-state index is 14.7. The predicted octanol–water partition coefficient (Wildman–Crippen LogP) is 5.69. The van der Waals surface area contributed by atoms with E-state index in [0.717, 1.165) is 15.8 Å². The molecule has 1 unspecified atom stereocenters. The van der Waals surface area contributed by atoms with Gasteiger partial charge < -0.3 is 14.1 Å². The second-order valence-electron chi connectivity index (χ2n) is 10.2. The molecule has 0 radical (unpaired) electrons. The number of hydrogen-bond acceptors (Lipinski definition) is 7. The van der Waals surface area contributed by atoms with Crippen LogP contribution in [0.1, 0.15) is 46.2 Å². The van der Waals surface area contributed by atoms with Crippen molar-refractivity contribution in [3.8, 4) is 5.75 Å². The molecule has 0 fully saturated rings. The Kier molecular flexibility index (Phi) is 5.21. The molecule has 3 aromatic carbocycles. The fourth-order valence-electron chi connectivity index (χ4n) is 5.98. The van der Waals surface area contributed by atoms with Crippen LogP contribution in [0.15, 0.2) is 63.8 Å². The molecule has 4 heterocycles. The zero-order valence-electron chi connectivity index (χ0n) is 22.4. The van der Waals surface area contributed by atoms with E-state index in [-0.39, 0.29) is 22.7 Å². The second kappa shape index (κ2) is 8.50. The van der Waals surface area contributed by atoms with Gasteiger partial charge in [0.2, 0.25) is 5.76 Å². The van der Waals surface area contributed by atoms with Gasteiger partial charge in [-0.2, -0.15) is 0 Å². The minimum Gasteiger partial charge on any atom is -0.497 e. The van der Waals surface area contributed by atoms with E-state index in [0.29, 0.717) is 51.6 Å². The lowest BCUT2D eigenvalue weighted by atomic mass is 9.84. The third-order valence-electron chi connectivity index (χ3n) is 7.96. The molecule has 9 heteroatoms. The number of benzene rings is 3. The van der Waals surface area contributed by atoms with Gasteiger partial charge >= 0.3 is 0 Å². The molecule has 0 saturated heterocycles. The maximum Gasteiger partial charge on any atom is 0.297 e. The van der Waals surface area contributed by atoms with Crippen LogP contribution in [-0.4, -0.2) is 30.5 Å². The number of thiazole rings is 1. The van der Waals surface area contributed by atoms with Crippen LogP contribution in [-0.2, 0) is 10.3 Å². The number of carbonyl (C=O) groups is 2. The summed E-state index contributed by atoms with van der Waals surface area (Å²) >= 11 is 1.27. The van der Waals surface area contributed by atoms with Gasteiger partial charge in [-0.3, -0.25) is 19.3 Å². The number of ether oxygens (including phenoxy) is 1. The summed E-state index contributed by atoms with van der Waals surface area (Å²) in [6.07, 6.45) is 0.697. The van der Waals surface area contributed by atoms with Gasteiger partial charge in [0.05, 0.1) is 34.0 Å². The Labute approximate surface area is 233 Å². The van der Waals surface area contributed by atoms with Crippen molar-refractivity contribution < 1.29 is 18.7 Å². The van der Waals surface area contributed by atoms with Crippen LogP contribution >= 0.6 is 11.3 Å². The highest BCUT2D eigenvalue weighted by Gasteiger charge is 2.66. The third-order valence-corrected chi connectivity index (χ3v) is 8.97. The monoisotopic (exact) mass is 551 g/mol. The van der Waals surface area contributed by atoms with Gasteiger partial charge in [0.25, 0.3) is 11.8 Å². The predicted molar refractivity (Wildman–Crippen MR) is 155 cm³/mol. The third kappa shape index (κ3) is 3.01. The number of amides is 2. The number of carbonyl (C=O) groups excluding carboxylic acids is 2. The summed E-state index contributed by atoms with van der Waals surface area (Å²) in [5.41, 5.74) is 1.96. The van der Waals surface area contributed by atoms with Crippen molar-refractivity contribution >= 4 is 55.2 Å². The highest BCUT2D eigenvalue weighted by molar-refractivity contribution is 7.22. The van der Waals surface area contributed by atoms with Crippen LogP contribution in [0.5, 0.6) is 5.75 Å². The first-order valence-electron chi connectivity index (χ1n) is 13.1. The Balaban J connectivity index is 1.61. The molecule has 2 amide bonds. The molecule has 2 aromatic heterocycles. The summed E-state index contributed by atoms with van der Waals surface area (Å²) in [6, 6.07) is 16.3. The summed E-state index contributed by atoms with van der Waals surface area (Å²) in [6.45, 7) is 6.26. The van der Waals surface area contributed by atoms with Crippen molar-refractivity contribution in [3.63, 3.8) is 0 Å². The fourth-order valence-corrected chi connectivity index (χ4v) is 7.02. The lowest BCUT2D eigenvalue weighted by Gasteiger charge is -2.32. The Morgan fingerprint density at radius 2 is 1.80 bits per heavy atom. The molecule has 8 nitrogen and oxygen atoms in total. The maximum atomic E-state index is 14.7. The van der Waals surface area contributed by atoms with Gasteiger partial charge in [0.1, 0.15) is 11.3 Å². The van der Waals surface area contributed by atoms with Crippen molar-refractivity contribution in [1.29, 1.82) is 0 Å². The fraction of sp³-hybridized carbons (Fsp3) is 0.226. The Hall–Kier alpha value is -4.50. The first-order chi connectivity index (χ1) is 19.3. The topological polar surface area (TPSA) is 93.0 Å². The lowest BCUT2D eigenvalue weighted by Crippen LogP contribution is -2.53. The van der Waals surface area contributed by atoms with E-state index in [9.17, 15) is 14.4 Å². The number of fused-ring (bicyclic) bond motifs is 6. The van der Waals surface area contributed by atoms with Gasteiger partial charge in [0, 0.05) is 12.1 Å². The van der Waals surface area contributed by atoms with Crippen LogP contribution in [0.4, 0.5) is 10.8 Å². The van der Waals surface area contributed by atoms with Crippen molar-refractivity contribution in [1.82, 2.24) is 4.98 Å². The molecule has 5 aromatic rings. The van der Waals surface area contributed by atoms with E-state index in [4.69, 9.17) is 14.1 Å². The minimum atomic E-state index is -1.75. The molecular weight excluding hydrogens is 526 g/mol. The van der Waals surface area contributed by atoms with Gasteiger partial charge in [0.15, 0.2) is 16.1 Å².